The van der Waals surface area contributed by atoms with E-state index in [4.69, 9.17) is 0 Å². The van der Waals surface area contributed by atoms with Gasteiger partial charge in [-0.15, -0.1) is 0 Å². The summed E-state index contributed by atoms with van der Waals surface area (Å²) in [6, 6.07) is 8.11. The Bertz CT molecular complexity index is 1020. The van der Waals surface area contributed by atoms with Crippen LogP contribution in [0.1, 0.15) is 26.7 Å². The highest BCUT2D eigenvalue weighted by Gasteiger charge is 2.26. The first-order chi connectivity index (χ1) is 13.1. The van der Waals surface area contributed by atoms with Gasteiger partial charge < -0.3 is 5.32 Å². The number of nitrogens with one attached hydrogen (secondary N) is 1. The van der Waals surface area contributed by atoms with Crippen LogP contribution in [0.3, 0.4) is 0 Å². The second kappa shape index (κ2) is 6.98. The van der Waals surface area contributed by atoms with Crippen LogP contribution in [0.15, 0.2) is 41.3 Å². The lowest BCUT2D eigenvalue weighted by Gasteiger charge is -2.13. The quantitative estimate of drug-likeness (QED) is 0.749. The minimum absolute atomic E-state index is 0.0656. The molecule has 3 heterocycles. The van der Waals surface area contributed by atoms with E-state index in [1.165, 1.54) is 12.1 Å². The van der Waals surface area contributed by atoms with Crippen molar-refractivity contribution in [2.45, 2.75) is 45.8 Å². The van der Waals surface area contributed by atoms with Gasteiger partial charge in [-0.2, -0.15) is 0 Å². The number of benzene rings is 1. The van der Waals surface area contributed by atoms with Crippen LogP contribution in [-0.2, 0) is 13.1 Å². The SMILES string of the molecule is CC[C@H](C)Nc1nccc(-c2c(-c3ccc(F)cc3)c(=O)n3n2CCC3)n1. The molecule has 0 spiro atoms. The highest BCUT2D eigenvalue weighted by Crippen LogP contribution is 2.31. The van der Waals surface area contributed by atoms with Gasteiger partial charge in [-0.1, -0.05) is 19.1 Å². The van der Waals surface area contributed by atoms with Crippen LogP contribution in [0, 0.1) is 5.82 Å². The third-order valence-corrected chi connectivity index (χ3v) is 4.99. The van der Waals surface area contributed by atoms with Crippen LogP contribution in [0.5, 0.6) is 0 Å². The molecule has 140 valence electrons. The van der Waals surface area contributed by atoms with Crippen molar-refractivity contribution >= 4 is 5.95 Å². The Kier molecular flexibility index (Phi) is 4.51. The van der Waals surface area contributed by atoms with E-state index in [-0.39, 0.29) is 17.4 Å². The average Bonchev–Trinajstić information content (AvgIpc) is 3.25. The fourth-order valence-electron chi connectivity index (χ4n) is 3.43. The van der Waals surface area contributed by atoms with E-state index in [0.29, 0.717) is 29.3 Å². The van der Waals surface area contributed by atoms with E-state index >= 15 is 0 Å². The molecule has 2 aromatic heterocycles. The van der Waals surface area contributed by atoms with Gasteiger partial charge >= 0.3 is 0 Å². The average molecular weight is 367 g/mol. The fourth-order valence-corrected chi connectivity index (χ4v) is 3.43. The van der Waals surface area contributed by atoms with E-state index in [1.54, 1.807) is 23.0 Å². The number of aromatic nitrogens is 4. The Morgan fingerprint density at radius 2 is 1.93 bits per heavy atom. The van der Waals surface area contributed by atoms with Crippen LogP contribution in [0.4, 0.5) is 10.3 Å². The Hall–Kier alpha value is -2.96. The molecule has 0 bridgehead atoms. The zero-order valence-electron chi connectivity index (χ0n) is 15.4. The first kappa shape index (κ1) is 17.5. The summed E-state index contributed by atoms with van der Waals surface area (Å²) in [5.74, 6) is 0.215. The maximum absolute atomic E-state index is 13.4. The third kappa shape index (κ3) is 3.13. The largest absolute Gasteiger partial charge is 0.352 e. The molecule has 0 saturated heterocycles. The molecule has 0 radical (unpaired) electrons. The van der Waals surface area contributed by atoms with Gasteiger partial charge in [-0.05, 0) is 43.5 Å². The summed E-state index contributed by atoms with van der Waals surface area (Å²) in [5, 5.41) is 3.28. The second-order valence-electron chi connectivity index (χ2n) is 6.85. The van der Waals surface area contributed by atoms with Crippen molar-refractivity contribution in [2.75, 3.05) is 5.32 Å². The summed E-state index contributed by atoms with van der Waals surface area (Å²) < 4.78 is 17.1. The molecule has 0 amide bonds. The maximum Gasteiger partial charge on any atom is 0.275 e. The first-order valence-corrected chi connectivity index (χ1v) is 9.28. The lowest BCUT2D eigenvalue weighted by Crippen LogP contribution is -2.17. The molecule has 0 unspecified atom stereocenters. The molecule has 1 atom stereocenters. The van der Waals surface area contributed by atoms with Crippen molar-refractivity contribution in [3.05, 3.63) is 52.7 Å². The lowest BCUT2D eigenvalue weighted by molar-refractivity contribution is 0.599. The van der Waals surface area contributed by atoms with E-state index in [9.17, 15) is 9.18 Å². The summed E-state index contributed by atoms with van der Waals surface area (Å²) in [6.07, 6.45) is 3.57. The zero-order valence-corrected chi connectivity index (χ0v) is 15.4. The Balaban J connectivity index is 1.88. The van der Waals surface area contributed by atoms with Crippen molar-refractivity contribution in [3.63, 3.8) is 0 Å². The summed E-state index contributed by atoms with van der Waals surface area (Å²) in [6.45, 7) is 5.59. The van der Waals surface area contributed by atoms with Gasteiger partial charge in [0.2, 0.25) is 5.95 Å². The number of anilines is 1. The fraction of sp³-hybridized carbons (Fsp3) is 0.350. The maximum atomic E-state index is 13.4. The van der Waals surface area contributed by atoms with Gasteiger partial charge in [0.1, 0.15) is 5.82 Å². The molecule has 1 N–H and O–H groups in total. The number of nitrogens with zero attached hydrogens (tertiary/aromatic N) is 4. The van der Waals surface area contributed by atoms with Gasteiger partial charge in [-0.3, -0.25) is 9.48 Å². The molecule has 0 saturated carbocycles. The monoisotopic (exact) mass is 367 g/mol. The summed E-state index contributed by atoms with van der Waals surface area (Å²) >= 11 is 0. The molecule has 6 nitrogen and oxygen atoms in total. The van der Waals surface area contributed by atoms with Crippen LogP contribution in [0.25, 0.3) is 22.5 Å². The van der Waals surface area contributed by atoms with E-state index in [1.807, 2.05) is 10.7 Å². The zero-order chi connectivity index (χ0) is 19.0. The molecule has 0 fully saturated rings. The molecule has 3 aromatic rings. The Morgan fingerprint density at radius 3 is 2.67 bits per heavy atom. The molecule has 1 aliphatic heterocycles. The van der Waals surface area contributed by atoms with Gasteiger partial charge in [0.15, 0.2) is 0 Å². The molecule has 0 aliphatic carbocycles. The van der Waals surface area contributed by atoms with Crippen LogP contribution < -0.4 is 10.9 Å². The molecular formula is C20H22FN5O. The van der Waals surface area contributed by atoms with Gasteiger partial charge in [0.25, 0.3) is 5.56 Å². The first-order valence-electron chi connectivity index (χ1n) is 9.28. The Labute approximate surface area is 156 Å². The minimum atomic E-state index is -0.325. The van der Waals surface area contributed by atoms with Crippen LogP contribution in [0.2, 0.25) is 0 Å². The number of fused-ring (bicyclic) bond motifs is 1. The van der Waals surface area contributed by atoms with Crippen molar-refractivity contribution in [2.24, 2.45) is 0 Å². The molecule has 1 aromatic carbocycles. The van der Waals surface area contributed by atoms with E-state index in [2.05, 4.69) is 29.1 Å². The van der Waals surface area contributed by atoms with Crippen molar-refractivity contribution < 1.29 is 4.39 Å². The number of rotatable bonds is 5. The highest BCUT2D eigenvalue weighted by atomic mass is 19.1. The molecular weight excluding hydrogens is 345 g/mol. The topological polar surface area (TPSA) is 64.7 Å². The van der Waals surface area contributed by atoms with Crippen LogP contribution in [-0.4, -0.2) is 25.4 Å². The van der Waals surface area contributed by atoms with Crippen LogP contribution >= 0.6 is 0 Å². The Morgan fingerprint density at radius 1 is 1.19 bits per heavy atom. The van der Waals surface area contributed by atoms with E-state index in [0.717, 1.165) is 25.1 Å². The second-order valence-corrected chi connectivity index (χ2v) is 6.85. The standard InChI is InChI=1S/C20H22FN5O/c1-3-13(2)23-20-22-10-9-16(24-20)18-17(14-5-7-15(21)8-6-14)19(27)26-12-4-11-25(18)26/h5-10,13H,3-4,11-12H2,1-2H3,(H,22,23,24)/t13-/m0/s1. The number of hydrogen-bond donors (Lipinski definition) is 1. The molecule has 7 heteroatoms. The third-order valence-electron chi connectivity index (χ3n) is 4.99. The summed E-state index contributed by atoms with van der Waals surface area (Å²) in [4.78, 5) is 22.0. The minimum Gasteiger partial charge on any atom is -0.352 e. The predicted molar refractivity (Wildman–Crippen MR) is 103 cm³/mol. The summed E-state index contributed by atoms with van der Waals surface area (Å²) in [5.41, 5.74) is 2.64. The van der Waals surface area contributed by atoms with Crippen molar-refractivity contribution in [1.29, 1.82) is 0 Å². The predicted octanol–water partition coefficient (Wildman–Crippen LogP) is 3.53. The van der Waals surface area contributed by atoms with E-state index < -0.39 is 0 Å². The molecule has 27 heavy (non-hydrogen) atoms. The molecule has 1 aliphatic rings. The smallest absolute Gasteiger partial charge is 0.275 e. The summed E-state index contributed by atoms with van der Waals surface area (Å²) in [7, 11) is 0. The molecule has 4 rings (SSSR count). The van der Waals surface area contributed by atoms with Gasteiger partial charge in [-0.25, -0.2) is 19.0 Å². The normalized spacial score (nSPS) is 14.2. The van der Waals surface area contributed by atoms with Crippen molar-refractivity contribution in [3.8, 4) is 22.5 Å². The van der Waals surface area contributed by atoms with Crippen molar-refractivity contribution in [1.82, 2.24) is 19.3 Å². The lowest BCUT2D eigenvalue weighted by atomic mass is 10.0. The van der Waals surface area contributed by atoms with Gasteiger partial charge in [0.05, 0.1) is 17.0 Å². The highest BCUT2D eigenvalue weighted by molar-refractivity contribution is 5.79. The van der Waals surface area contributed by atoms with Gasteiger partial charge in [0, 0.05) is 25.3 Å². The number of halogens is 1. The number of hydrogen-bond acceptors (Lipinski definition) is 4.